The zero-order chi connectivity index (χ0) is 10.9. The van der Waals surface area contributed by atoms with E-state index in [2.05, 4.69) is 18.8 Å². The van der Waals surface area contributed by atoms with Gasteiger partial charge in [0.25, 0.3) is 0 Å². The molecule has 1 aromatic carbocycles. The number of epoxide rings is 1. The van der Waals surface area contributed by atoms with E-state index in [9.17, 15) is 0 Å². The molecule has 1 fully saturated rings. The fourth-order valence-corrected chi connectivity index (χ4v) is 1.33. The minimum absolute atomic E-state index is 0.0318. The number of ether oxygens (including phenoxy) is 2. The molecule has 0 amide bonds. The number of hydrogen-bond donors (Lipinski definition) is 0. The maximum atomic E-state index is 5.40. The van der Waals surface area contributed by atoms with Crippen LogP contribution in [0.15, 0.2) is 29.3 Å². The Bertz CT molecular complexity index is 368. The van der Waals surface area contributed by atoms with Crippen LogP contribution in [0.2, 0.25) is 0 Å². The first-order chi connectivity index (χ1) is 7.12. The third kappa shape index (κ3) is 2.36. The number of rotatable bonds is 3. The maximum Gasteiger partial charge on any atom is 0.122 e. The third-order valence-corrected chi connectivity index (χ3v) is 2.49. The molecule has 1 aliphatic rings. The van der Waals surface area contributed by atoms with Crippen LogP contribution in [-0.4, -0.2) is 25.0 Å². The highest BCUT2D eigenvalue weighted by molar-refractivity contribution is 5.72. The van der Waals surface area contributed by atoms with Crippen LogP contribution in [0.5, 0.6) is 5.75 Å². The zero-order valence-electron chi connectivity index (χ0n) is 9.23. The molecule has 15 heavy (non-hydrogen) atoms. The van der Waals surface area contributed by atoms with Gasteiger partial charge in [0, 0.05) is 6.21 Å². The van der Waals surface area contributed by atoms with Gasteiger partial charge in [-0.1, -0.05) is 0 Å². The molecule has 0 bridgehead atoms. The summed E-state index contributed by atoms with van der Waals surface area (Å²) in [6.07, 6.45) is 2.00. The number of aliphatic imine (C=N–C) groups is 1. The van der Waals surface area contributed by atoms with E-state index in [1.807, 2.05) is 30.5 Å². The van der Waals surface area contributed by atoms with Crippen LogP contribution < -0.4 is 4.74 Å². The summed E-state index contributed by atoms with van der Waals surface area (Å²) in [5.41, 5.74) is 0.887. The van der Waals surface area contributed by atoms with Crippen molar-refractivity contribution in [2.45, 2.75) is 25.6 Å². The Morgan fingerprint density at radius 3 is 2.40 bits per heavy atom. The van der Waals surface area contributed by atoms with E-state index in [-0.39, 0.29) is 11.7 Å². The molecule has 0 aromatic heterocycles. The summed E-state index contributed by atoms with van der Waals surface area (Å²) in [5, 5.41) is 0. The molecule has 1 unspecified atom stereocenters. The summed E-state index contributed by atoms with van der Waals surface area (Å²) in [5.74, 6) is 0.844. The average Bonchev–Trinajstić information content (AvgIpc) is 2.84. The fraction of sp³-hybridized carbons (Fsp3) is 0.417. The molecule has 1 saturated heterocycles. The molecule has 3 heteroatoms. The SMILES string of the molecule is COc1ccc(N=CC2OC2(C)C)cc1. The Kier molecular flexibility index (Phi) is 2.49. The fourth-order valence-electron chi connectivity index (χ4n) is 1.33. The molecule has 80 valence electrons. The summed E-state index contributed by atoms with van der Waals surface area (Å²) >= 11 is 0. The van der Waals surface area contributed by atoms with E-state index in [1.165, 1.54) is 0 Å². The van der Waals surface area contributed by atoms with Crippen LogP contribution in [0.4, 0.5) is 5.69 Å². The number of methoxy groups -OCH3 is 1. The van der Waals surface area contributed by atoms with E-state index in [1.54, 1.807) is 7.11 Å². The summed E-state index contributed by atoms with van der Waals surface area (Å²) in [6, 6.07) is 7.63. The lowest BCUT2D eigenvalue weighted by Gasteiger charge is -1.98. The maximum absolute atomic E-state index is 5.40. The molecule has 1 aromatic rings. The van der Waals surface area contributed by atoms with Crippen LogP contribution in [0.1, 0.15) is 13.8 Å². The van der Waals surface area contributed by atoms with Gasteiger partial charge in [-0.25, -0.2) is 0 Å². The van der Waals surface area contributed by atoms with Crippen molar-refractivity contribution in [2.24, 2.45) is 4.99 Å². The van der Waals surface area contributed by atoms with Gasteiger partial charge in [0.2, 0.25) is 0 Å². The molecule has 0 spiro atoms. The van der Waals surface area contributed by atoms with Crippen molar-refractivity contribution >= 4 is 11.9 Å². The quantitative estimate of drug-likeness (QED) is 0.561. The third-order valence-electron chi connectivity index (χ3n) is 2.49. The van der Waals surface area contributed by atoms with Crippen molar-refractivity contribution < 1.29 is 9.47 Å². The highest BCUT2D eigenvalue weighted by atomic mass is 16.6. The van der Waals surface area contributed by atoms with Crippen LogP contribution in [-0.2, 0) is 4.74 Å². The first-order valence-corrected chi connectivity index (χ1v) is 4.98. The van der Waals surface area contributed by atoms with E-state index in [0.717, 1.165) is 11.4 Å². The standard InChI is InChI=1S/C12H15NO2/c1-12(2)11(15-12)8-13-9-4-6-10(14-3)7-5-9/h4-8,11H,1-3H3. The lowest BCUT2D eigenvalue weighted by molar-refractivity contribution is 0.337. The molecule has 0 radical (unpaired) electrons. The molecule has 1 heterocycles. The lowest BCUT2D eigenvalue weighted by Crippen LogP contribution is -2.03. The van der Waals surface area contributed by atoms with Crippen LogP contribution >= 0.6 is 0 Å². The second-order valence-corrected chi connectivity index (χ2v) is 4.12. The summed E-state index contributed by atoms with van der Waals surface area (Å²) in [7, 11) is 1.65. The second-order valence-electron chi connectivity index (χ2n) is 4.12. The molecule has 0 aliphatic carbocycles. The van der Waals surface area contributed by atoms with Crippen LogP contribution in [0.25, 0.3) is 0 Å². The van der Waals surface area contributed by atoms with Gasteiger partial charge in [-0.05, 0) is 38.1 Å². The zero-order valence-corrected chi connectivity index (χ0v) is 9.23. The summed E-state index contributed by atoms with van der Waals surface area (Å²) < 4.78 is 10.5. The molecule has 1 atom stereocenters. The number of benzene rings is 1. The second kappa shape index (κ2) is 3.66. The summed E-state index contributed by atoms with van der Waals surface area (Å²) in [6.45, 7) is 4.11. The predicted octanol–water partition coefficient (Wildman–Crippen LogP) is 2.57. The largest absolute Gasteiger partial charge is 0.497 e. The van der Waals surface area contributed by atoms with Crippen LogP contribution in [0, 0.1) is 0 Å². The Morgan fingerprint density at radius 1 is 1.33 bits per heavy atom. The highest BCUT2D eigenvalue weighted by Gasteiger charge is 2.46. The van der Waals surface area contributed by atoms with Gasteiger partial charge in [0.05, 0.1) is 18.4 Å². The molecular formula is C12H15NO2. The van der Waals surface area contributed by atoms with Gasteiger partial charge in [-0.15, -0.1) is 0 Å². The Balaban J connectivity index is 1.99. The van der Waals surface area contributed by atoms with E-state index in [0.29, 0.717) is 0 Å². The van der Waals surface area contributed by atoms with Crippen molar-refractivity contribution in [3.05, 3.63) is 24.3 Å². The molecule has 0 N–H and O–H groups in total. The Hall–Kier alpha value is -1.35. The van der Waals surface area contributed by atoms with E-state index < -0.39 is 0 Å². The van der Waals surface area contributed by atoms with Crippen molar-refractivity contribution in [3.63, 3.8) is 0 Å². The van der Waals surface area contributed by atoms with Crippen molar-refractivity contribution in [3.8, 4) is 5.75 Å². The number of nitrogens with zero attached hydrogens (tertiary/aromatic N) is 1. The monoisotopic (exact) mass is 205 g/mol. The normalized spacial score (nSPS) is 23.0. The van der Waals surface area contributed by atoms with Gasteiger partial charge in [0.1, 0.15) is 11.9 Å². The van der Waals surface area contributed by atoms with Crippen LogP contribution in [0.3, 0.4) is 0 Å². The first kappa shape index (κ1) is 10.2. The first-order valence-electron chi connectivity index (χ1n) is 4.98. The molecule has 3 nitrogen and oxygen atoms in total. The minimum Gasteiger partial charge on any atom is -0.497 e. The minimum atomic E-state index is -0.0318. The topological polar surface area (TPSA) is 34.1 Å². The van der Waals surface area contributed by atoms with Crippen molar-refractivity contribution in [2.75, 3.05) is 7.11 Å². The van der Waals surface area contributed by atoms with Crippen molar-refractivity contribution in [1.82, 2.24) is 0 Å². The summed E-state index contributed by atoms with van der Waals surface area (Å²) in [4.78, 5) is 4.33. The molecule has 0 saturated carbocycles. The molecule has 1 aliphatic heterocycles. The van der Waals surface area contributed by atoms with Gasteiger partial charge in [-0.3, -0.25) is 4.99 Å². The predicted molar refractivity (Wildman–Crippen MR) is 60.1 cm³/mol. The van der Waals surface area contributed by atoms with E-state index >= 15 is 0 Å². The smallest absolute Gasteiger partial charge is 0.122 e. The van der Waals surface area contributed by atoms with Gasteiger partial charge < -0.3 is 9.47 Å². The van der Waals surface area contributed by atoms with Gasteiger partial charge in [0.15, 0.2) is 0 Å². The molecule has 2 rings (SSSR count). The highest BCUT2D eigenvalue weighted by Crippen LogP contribution is 2.34. The Morgan fingerprint density at radius 2 is 1.93 bits per heavy atom. The molecular weight excluding hydrogens is 190 g/mol. The van der Waals surface area contributed by atoms with Crippen molar-refractivity contribution in [1.29, 1.82) is 0 Å². The lowest BCUT2D eigenvalue weighted by atomic mass is 10.1. The average molecular weight is 205 g/mol. The Labute approximate surface area is 89.7 Å². The van der Waals surface area contributed by atoms with Gasteiger partial charge >= 0.3 is 0 Å². The number of hydrogen-bond acceptors (Lipinski definition) is 3. The van der Waals surface area contributed by atoms with E-state index in [4.69, 9.17) is 9.47 Å². The van der Waals surface area contributed by atoms with Gasteiger partial charge in [-0.2, -0.15) is 0 Å².